The third-order valence-corrected chi connectivity index (χ3v) is 8.68. The second-order valence-electron chi connectivity index (χ2n) is 7.95. The van der Waals surface area contributed by atoms with E-state index in [0.29, 0.717) is 42.2 Å². The summed E-state index contributed by atoms with van der Waals surface area (Å²) in [5.41, 5.74) is 2.46. The number of carbonyl (C=O) groups is 1. The summed E-state index contributed by atoms with van der Waals surface area (Å²) in [6, 6.07) is 11.5. The van der Waals surface area contributed by atoms with E-state index in [-0.39, 0.29) is 11.2 Å². The van der Waals surface area contributed by atoms with Crippen molar-refractivity contribution in [3.63, 3.8) is 0 Å². The van der Waals surface area contributed by atoms with Crippen molar-refractivity contribution in [2.75, 3.05) is 10.0 Å². The van der Waals surface area contributed by atoms with Gasteiger partial charge in [0.15, 0.2) is 5.13 Å². The van der Waals surface area contributed by atoms with Gasteiger partial charge in [-0.05, 0) is 55.0 Å². The number of benzene rings is 1. The van der Waals surface area contributed by atoms with Crippen LogP contribution in [0.1, 0.15) is 45.2 Å². The fraction of sp³-hybridized carbons (Fsp3) is 0.348. The summed E-state index contributed by atoms with van der Waals surface area (Å²) in [4.78, 5) is 22.0. The molecule has 0 bridgehead atoms. The van der Waals surface area contributed by atoms with Crippen LogP contribution in [0.5, 0.6) is 0 Å². The first-order valence-corrected chi connectivity index (χ1v) is 13.1. The molecule has 1 aliphatic rings. The molecular formula is C23H26N4O3S2. The Morgan fingerprint density at radius 3 is 2.44 bits per heavy atom. The van der Waals surface area contributed by atoms with Gasteiger partial charge < -0.3 is 5.32 Å². The summed E-state index contributed by atoms with van der Waals surface area (Å²) in [6.45, 7) is 3.89. The van der Waals surface area contributed by atoms with Crippen LogP contribution >= 0.6 is 11.3 Å². The van der Waals surface area contributed by atoms with Gasteiger partial charge in [0, 0.05) is 23.5 Å². The van der Waals surface area contributed by atoms with Crippen molar-refractivity contribution in [3.05, 3.63) is 59.9 Å². The van der Waals surface area contributed by atoms with Crippen LogP contribution in [0.15, 0.2) is 54.2 Å². The number of hydrogen-bond donors (Lipinski definition) is 2. The molecule has 3 aromatic rings. The highest BCUT2D eigenvalue weighted by molar-refractivity contribution is 7.93. The molecule has 168 valence electrons. The van der Waals surface area contributed by atoms with Gasteiger partial charge in [-0.15, -0.1) is 11.3 Å². The molecule has 2 heterocycles. The second kappa shape index (κ2) is 8.99. The van der Waals surface area contributed by atoms with E-state index in [2.05, 4.69) is 20.0 Å². The molecule has 1 fully saturated rings. The lowest BCUT2D eigenvalue weighted by atomic mass is 9.78. The number of sulfonamides is 1. The van der Waals surface area contributed by atoms with Crippen LogP contribution in [0, 0.1) is 0 Å². The first-order chi connectivity index (χ1) is 15.4. The van der Waals surface area contributed by atoms with Gasteiger partial charge in [0.1, 0.15) is 0 Å². The van der Waals surface area contributed by atoms with Gasteiger partial charge in [0.2, 0.25) is 15.9 Å². The fourth-order valence-electron chi connectivity index (χ4n) is 3.70. The Labute approximate surface area is 192 Å². The largest absolute Gasteiger partial charge is 0.325 e. The Morgan fingerprint density at radius 2 is 1.84 bits per heavy atom. The predicted octanol–water partition coefficient (Wildman–Crippen LogP) is 4.81. The molecular weight excluding hydrogens is 444 g/mol. The highest BCUT2D eigenvalue weighted by Gasteiger charge is 2.40. The minimum absolute atomic E-state index is 0.154. The summed E-state index contributed by atoms with van der Waals surface area (Å²) in [6.07, 6.45) is 5.98. The maximum atomic E-state index is 13.4. The van der Waals surface area contributed by atoms with E-state index < -0.39 is 15.4 Å². The van der Waals surface area contributed by atoms with Gasteiger partial charge in [-0.25, -0.2) is 13.4 Å². The Bertz CT molecular complexity index is 1180. The van der Waals surface area contributed by atoms with Crippen LogP contribution in [0.3, 0.4) is 0 Å². The number of hydrogen-bond acceptors (Lipinski definition) is 6. The Kier molecular flexibility index (Phi) is 6.30. The summed E-state index contributed by atoms with van der Waals surface area (Å²) < 4.78 is 27.0. The zero-order chi connectivity index (χ0) is 22.8. The third-order valence-electron chi connectivity index (χ3n) is 5.97. The predicted molar refractivity (Wildman–Crippen MR) is 128 cm³/mol. The fourth-order valence-corrected chi connectivity index (χ4v) is 6.11. The maximum absolute atomic E-state index is 13.4. The first-order valence-electron chi connectivity index (χ1n) is 10.7. The van der Waals surface area contributed by atoms with Crippen LogP contribution in [0.25, 0.3) is 11.1 Å². The average Bonchev–Trinajstić information content (AvgIpc) is 3.58. The molecule has 4 rings (SSSR count). The van der Waals surface area contributed by atoms with Crippen LogP contribution in [0.4, 0.5) is 10.8 Å². The molecule has 0 aliphatic heterocycles. The van der Waals surface area contributed by atoms with Gasteiger partial charge in [-0.1, -0.05) is 32.0 Å². The van der Waals surface area contributed by atoms with Gasteiger partial charge >= 0.3 is 0 Å². The Balaban J connectivity index is 1.52. The number of thiazole rings is 1. The topological polar surface area (TPSA) is 101 Å². The molecule has 1 aliphatic carbocycles. The molecule has 0 spiro atoms. The molecule has 1 saturated carbocycles. The van der Waals surface area contributed by atoms with Crippen molar-refractivity contribution in [3.8, 4) is 11.1 Å². The van der Waals surface area contributed by atoms with Crippen LogP contribution in [-0.4, -0.2) is 29.5 Å². The molecule has 0 unspecified atom stereocenters. The van der Waals surface area contributed by atoms with Crippen molar-refractivity contribution in [2.24, 2.45) is 0 Å². The molecule has 0 atom stereocenters. The van der Waals surface area contributed by atoms with E-state index in [1.54, 1.807) is 17.8 Å². The lowest BCUT2D eigenvalue weighted by Gasteiger charge is -2.28. The minimum Gasteiger partial charge on any atom is -0.325 e. The number of rotatable bonds is 9. The monoisotopic (exact) mass is 470 g/mol. The van der Waals surface area contributed by atoms with Crippen LogP contribution in [-0.2, 0) is 20.2 Å². The molecule has 7 nitrogen and oxygen atoms in total. The number of amides is 1. The van der Waals surface area contributed by atoms with E-state index in [0.717, 1.165) is 11.1 Å². The maximum Gasteiger partial charge on any atom is 0.237 e. The number of nitrogens with one attached hydrogen (secondary N) is 2. The zero-order valence-electron chi connectivity index (χ0n) is 18.0. The Morgan fingerprint density at radius 1 is 1.12 bits per heavy atom. The molecule has 0 radical (unpaired) electrons. The molecule has 9 heteroatoms. The van der Waals surface area contributed by atoms with E-state index in [1.165, 1.54) is 11.3 Å². The normalized spacial score (nSPS) is 14.2. The number of carbonyl (C=O) groups excluding carboxylic acids is 1. The zero-order valence-corrected chi connectivity index (χ0v) is 19.7. The van der Waals surface area contributed by atoms with Gasteiger partial charge in [0.05, 0.1) is 16.4 Å². The van der Waals surface area contributed by atoms with Gasteiger partial charge in [0.25, 0.3) is 0 Å². The smallest absolute Gasteiger partial charge is 0.237 e. The molecule has 2 N–H and O–H groups in total. The quantitative estimate of drug-likeness (QED) is 0.468. The van der Waals surface area contributed by atoms with E-state index in [9.17, 15) is 13.2 Å². The van der Waals surface area contributed by atoms with Crippen molar-refractivity contribution >= 4 is 38.1 Å². The summed E-state index contributed by atoms with van der Waals surface area (Å²) >= 11 is 1.22. The molecule has 2 aromatic heterocycles. The summed E-state index contributed by atoms with van der Waals surface area (Å²) in [5, 5.41) is 4.79. The minimum atomic E-state index is -3.39. The van der Waals surface area contributed by atoms with Crippen LogP contribution < -0.4 is 10.0 Å². The number of anilines is 2. The van der Waals surface area contributed by atoms with E-state index in [4.69, 9.17) is 0 Å². The highest BCUT2D eigenvalue weighted by Crippen LogP contribution is 2.37. The van der Waals surface area contributed by atoms with E-state index >= 15 is 0 Å². The van der Waals surface area contributed by atoms with Crippen LogP contribution in [0.2, 0.25) is 0 Å². The van der Waals surface area contributed by atoms with Crippen molar-refractivity contribution < 1.29 is 13.2 Å². The lowest BCUT2D eigenvalue weighted by molar-refractivity contribution is -0.122. The number of nitrogens with zero attached hydrogens (tertiary/aromatic N) is 2. The lowest BCUT2D eigenvalue weighted by Crippen LogP contribution is -2.39. The summed E-state index contributed by atoms with van der Waals surface area (Å²) in [7, 11) is -3.39. The van der Waals surface area contributed by atoms with Crippen molar-refractivity contribution in [2.45, 2.75) is 50.2 Å². The van der Waals surface area contributed by atoms with Crippen molar-refractivity contribution in [1.29, 1.82) is 0 Å². The summed E-state index contributed by atoms with van der Waals surface area (Å²) in [5.74, 6) is -0.154. The molecule has 1 aromatic carbocycles. The number of aromatic nitrogens is 2. The second-order valence-corrected chi connectivity index (χ2v) is 10.8. The molecule has 0 saturated heterocycles. The highest BCUT2D eigenvalue weighted by atomic mass is 32.2. The first kappa shape index (κ1) is 22.4. The standard InChI is InChI=1S/C23H26N4O3S2/c1-3-23(4-2,20-15-31-22(26-20)27-32(29,30)19-11-12-19)21(28)25-18-9-7-16(8-10-18)17-6-5-13-24-14-17/h5-10,13-15,19H,3-4,11-12H2,1-2H3,(H,25,28)(H,26,27). The van der Waals surface area contributed by atoms with Crippen molar-refractivity contribution in [1.82, 2.24) is 9.97 Å². The van der Waals surface area contributed by atoms with Gasteiger partial charge in [-0.2, -0.15) is 0 Å². The van der Waals surface area contributed by atoms with E-state index in [1.807, 2.05) is 50.2 Å². The average molecular weight is 471 g/mol. The SMILES string of the molecule is CCC(CC)(C(=O)Nc1ccc(-c2cccnc2)cc1)c1csc(NS(=O)(=O)C2CC2)n1. The number of pyridine rings is 1. The molecule has 1 amide bonds. The molecule has 32 heavy (non-hydrogen) atoms. The third kappa shape index (κ3) is 4.54. The Hall–Kier alpha value is -2.78. The van der Waals surface area contributed by atoms with Gasteiger partial charge in [-0.3, -0.25) is 14.5 Å².